The van der Waals surface area contributed by atoms with Crippen LogP contribution in [0.3, 0.4) is 0 Å². The molecule has 0 radical (unpaired) electrons. The normalized spacial score (nSPS) is 10.4. The summed E-state index contributed by atoms with van der Waals surface area (Å²) >= 11 is 0. The monoisotopic (exact) mass is 422 g/mol. The van der Waals surface area contributed by atoms with Crippen LogP contribution in [0.25, 0.3) is 0 Å². The Morgan fingerprint density at radius 2 is 1.81 bits per heavy atom. The second-order valence-corrected chi connectivity index (χ2v) is 6.97. The molecule has 0 bridgehead atoms. The number of carboxylic acids is 1. The molecule has 2 aromatic carbocycles. The van der Waals surface area contributed by atoms with Crippen molar-refractivity contribution in [3.63, 3.8) is 0 Å². The van der Waals surface area contributed by atoms with E-state index in [2.05, 4.69) is 20.6 Å². The second kappa shape index (κ2) is 8.99. The van der Waals surface area contributed by atoms with Gasteiger partial charge in [-0.3, -0.25) is 10.1 Å². The average Bonchev–Trinajstić information content (AvgIpc) is 3.10. The van der Waals surface area contributed by atoms with Crippen LogP contribution in [0.1, 0.15) is 32.2 Å². The van der Waals surface area contributed by atoms with Crippen LogP contribution in [0.4, 0.5) is 22.0 Å². The summed E-state index contributed by atoms with van der Waals surface area (Å²) in [7, 11) is 3.78. The van der Waals surface area contributed by atoms with Gasteiger partial charge >= 0.3 is 12.0 Å². The van der Waals surface area contributed by atoms with Gasteiger partial charge in [0, 0.05) is 31.9 Å². The lowest BCUT2D eigenvalue weighted by atomic mass is 10.1. The van der Waals surface area contributed by atoms with Gasteiger partial charge in [-0.15, -0.1) is 0 Å². The van der Waals surface area contributed by atoms with Crippen LogP contribution in [-0.4, -0.2) is 47.1 Å². The summed E-state index contributed by atoms with van der Waals surface area (Å²) in [6.07, 6.45) is 0.286. The summed E-state index contributed by atoms with van der Waals surface area (Å²) in [6.45, 7) is 0. The highest BCUT2D eigenvalue weighted by molar-refractivity contribution is 6.04. The van der Waals surface area contributed by atoms with Crippen molar-refractivity contribution in [2.24, 2.45) is 5.73 Å². The third-order valence-electron chi connectivity index (χ3n) is 4.42. The number of aromatic nitrogens is 2. The molecule has 0 aliphatic rings. The lowest BCUT2D eigenvalue weighted by molar-refractivity contribution is 0.0696. The smallest absolute Gasteiger partial charge is 0.335 e. The lowest BCUT2D eigenvalue weighted by Crippen LogP contribution is -2.22. The Bertz CT molecular complexity index is 1120. The zero-order chi connectivity index (χ0) is 22.5. The third kappa shape index (κ3) is 5.38. The van der Waals surface area contributed by atoms with E-state index in [-0.39, 0.29) is 23.5 Å². The van der Waals surface area contributed by atoms with Crippen molar-refractivity contribution in [2.45, 2.75) is 6.42 Å². The van der Waals surface area contributed by atoms with Gasteiger partial charge in [-0.05, 0) is 35.9 Å². The summed E-state index contributed by atoms with van der Waals surface area (Å²) in [4.78, 5) is 44.1. The maximum absolute atomic E-state index is 12.4. The molecule has 1 heterocycles. The molecule has 0 spiro atoms. The van der Waals surface area contributed by atoms with Crippen molar-refractivity contribution < 1.29 is 19.5 Å². The molecule has 3 amide bonds. The highest BCUT2D eigenvalue weighted by Crippen LogP contribution is 2.19. The molecule has 3 rings (SSSR count). The van der Waals surface area contributed by atoms with Gasteiger partial charge in [0.2, 0.25) is 0 Å². The fraction of sp³-hybridized carbons (Fsp3) is 0.143. The number of rotatable bonds is 7. The number of anilines is 3. The van der Waals surface area contributed by atoms with Crippen molar-refractivity contribution >= 4 is 35.1 Å². The van der Waals surface area contributed by atoms with Gasteiger partial charge in [-0.25, -0.2) is 14.6 Å². The number of aromatic amines is 1. The average molecular weight is 422 g/mol. The molecule has 0 aliphatic carbocycles. The number of carbonyl (C=O) groups excluding carboxylic acids is 2. The van der Waals surface area contributed by atoms with E-state index in [1.165, 1.54) is 12.1 Å². The first-order valence-corrected chi connectivity index (χ1v) is 9.29. The predicted molar refractivity (Wildman–Crippen MR) is 117 cm³/mol. The number of benzene rings is 2. The Hall–Kier alpha value is -4.34. The Morgan fingerprint density at radius 1 is 1.10 bits per heavy atom. The van der Waals surface area contributed by atoms with E-state index < -0.39 is 17.9 Å². The minimum absolute atomic E-state index is 0.0749. The molecule has 31 heavy (non-hydrogen) atoms. The summed E-state index contributed by atoms with van der Waals surface area (Å²) in [5.74, 6) is -1.35. The van der Waals surface area contributed by atoms with Crippen molar-refractivity contribution in [2.75, 3.05) is 29.6 Å². The molecule has 0 saturated carbocycles. The Labute approximate surface area is 178 Å². The van der Waals surface area contributed by atoms with Crippen LogP contribution >= 0.6 is 0 Å². The number of urea groups is 1. The zero-order valence-electron chi connectivity index (χ0n) is 17.0. The molecule has 10 heteroatoms. The van der Waals surface area contributed by atoms with Gasteiger partial charge < -0.3 is 26.0 Å². The van der Waals surface area contributed by atoms with Crippen LogP contribution in [0, 0.1) is 0 Å². The molecular weight excluding hydrogens is 400 g/mol. The van der Waals surface area contributed by atoms with Crippen molar-refractivity contribution in [3.8, 4) is 0 Å². The number of nitrogens with two attached hydrogens (primary N) is 1. The Balaban J connectivity index is 1.74. The molecule has 10 nitrogen and oxygen atoms in total. The number of hydrogen-bond acceptors (Lipinski definition) is 5. The van der Waals surface area contributed by atoms with Gasteiger partial charge in [0.25, 0.3) is 5.91 Å². The number of aromatic carboxylic acids is 1. The van der Waals surface area contributed by atoms with Crippen LogP contribution in [0.2, 0.25) is 0 Å². The molecule has 0 fully saturated rings. The maximum atomic E-state index is 12.4. The van der Waals surface area contributed by atoms with Gasteiger partial charge in [-0.2, -0.15) is 0 Å². The number of amides is 3. The van der Waals surface area contributed by atoms with Crippen LogP contribution < -0.4 is 21.3 Å². The van der Waals surface area contributed by atoms with Gasteiger partial charge in [0.15, 0.2) is 5.69 Å². The molecule has 0 saturated heterocycles. The van der Waals surface area contributed by atoms with E-state index in [9.17, 15) is 14.4 Å². The summed E-state index contributed by atoms with van der Waals surface area (Å²) in [5, 5.41) is 14.2. The topological polar surface area (TPSA) is 153 Å². The van der Waals surface area contributed by atoms with Gasteiger partial charge in [0.05, 0.1) is 5.56 Å². The van der Waals surface area contributed by atoms with Crippen LogP contribution in [0.15, 0.2) is 48.5 Å². The van der Waals surface area contributed by atoms with Gasteiger partial charge in [-0.1, -0.05) is 18.2 Å². The first kappa shape index (κ1) is 21.4. The molecule has 1 aromatic heterocycles. The molecule has 3 aromatic rings. The summed E-state index contributed by atoms with van der Waals surface area (Å²) < 4.78 is 0. The van der Waals surface area contributed by atoms with E-state index in [0.717, 1.165) is 11.3 Å². The molecule has 0 atom stereocenters. The maximum Gasteiger partial charge on any atom is 0.335 e. The number of hydrogen-bond donors (Lipinski definition) is 5. The van der Waals surface area contributed by atoms with E-state index in [4.69, 9.17) is 10.8 Å². The predicted octanol–water partition coefficient (Wildman–Crippen LogP) is 2.51. The lowest BCUT2D eigenvalue weighted by Gasteiger charge is -2.14. The Morgan fingerprint density at radius 3 is 2.42 bits per heavy atom. The highest BCUT2D eigenvalue weighted by atomic mass is 16.4. The van der Waals surface area contributed by atoms with E-state index in [1.54, 1.807) is 24.3 Å². The van der Waals surface area contributed by atoms with Crippen molar-refractivity contribution in [3.05, 3.63) is 71.2 Å². The number of nitrogens with zero attached hydrogens (tertiary/aromatic N) is 2. The first-order valence-electron chi connectivity index (χ1n) is 9.29. The first-order chi connectivity index (χ1) is 14.7. The number of H-pyrrole nitrogens is 1. The van der Waals surface area contributed by atoms with Gasteiger partial charge in [0.1, 0.15) is 11.6 Å². The Kier molecular flexibility index (Phi) is 6.20. The molecular formula is C21H22N6O4. The summed E-state index contributed by atoms with van der Waals surface area (Å²) in [5.41, 5.74) is 7.71. The minimum atomic E-state index is -1.02. The van der Waals surface area contributed by atoms with E-state index in [1.807, 2.05) is 31.1 Å². The van der Waals surface area contributed by atoms with Crippen molar-refractivity contribution in [1.29, 1.82) is 0 Å². The summed E-state index contributed by atoms with van der Waals surface area (Å²) in [6, 6.07) is 12.9. The molecule has 0 unspecified atom stereocenters. The standard InChI is InChI=1S/C21H22N6O4/c1-27(2)15-5-3-4-14(11-15)23-21(31)26-19-17(18(22)28)24-16(25-19)10-12-6-8-13(9-7-12)20(29)30/h3-9,11H,10H2,1-2H3,(H2,22,28)(H,24,25)(H,29,30)(H2,23,26,31). The fourth-order valence-corrected chi connectivity index (χ4v) is 2.87. The van der Waals surface area contributed by atoms with Crippen LogP contribution in [-0.2, 0) is 6.42 Å². The van der Waals surface area contributed by atoms with Crippen molar-refractivity contribution in [1.82, 2.24) is 9.97 Å². The van der Waals surface area contributed by atoms with E-state index in [0.29, 0.717) is 11.5 Å². The zero-order valence-corrected chi connectivity index (χ0v) is 17.0. The molecule has 6 N–H and O–H groups in total. The number of imidazole rings is 1. The largest absolute Gasteiger partial charge is 0.478 e. The molecule has 160 valence electrons. The SMILES string of the molecule is CN(C)c1cccc(NC(=O)Nc2[nH]c(Cc3ccc(C(=O)O)cc3)nc2C(N)=O)c1. The quantitative estimate of drug-likeness (QED) is 0.394. The number of primary amides is 1. The number of carboxylic acid groups (broad SMARTS) is 1. The second-order valence-electron chi connectivity index (χ2n) is 6.97. The van der Waals surface area contributed by atoms with E-state index >= 15 is 0 Å². The number of carbonyl (C=O) groups is 3. The fourth-order valence-electron chi connectivity index (χ4n) is 2.87. The molecule has 0 aliphatic heterocycles. The number of nitrogens with one attached hydrogen (secondary N) is 3. The minimum Gasteiger partial charge on any atom is -0.478 e. The third-order valence-corrected chi connectivity index (χ3v) is 4.42. The highest BCUT2D eigenvalue weighted by Gasteiger charge is 2.18. The van der Waals surface area contributed by atoms with Crippen LogP contribution in [0.5, 0.6) is 0 Å².